The smallest absolute Gasteiger partial charge is 0.351 e. The number of nitrogens with zero attached hydrogens (tertiary/aromatic N) is 4. The van der Waals surface area contributed by atoms with E-state index in [2.05, 4.69) is 15.0 Å². The third-order valence-corrected chi connectivity index (χ3v) is 4.97. The lowest BCUT2D eigenvalue weighted by atomic mass is 9.95. The molecule has 4 nitrogen and oxygen atoms in total. The van der Waals surface area contributed by atoms with Crippen LogP contribution in [-0.4, -0.2) is 21.5 Å². The maximum atomic E-state index is 13.0. The van der Waals surface area contributed by atoms with Gasteiger partial charge in [-0.3, -0.25) is 4.98 Å². The van der Waals surface area contributed by atoms with Gasteiger partial charge in [0.25, 0.3) is 0 Å². The second-order valence-electron chi connectivity index (χ2n) is 6.45. The average Bonchev–Trinajstić information content (AvgIpc) is 2.59. The van der Waals surface area contributed by atoms with Crippen molar-refractivity contribution in [1.82, 2.24) is 15.0 Å². The molecule has 0 saturated carbocycles. The molecule has 0 unspecified atom stereocenters. The zero-order valence-electron chi connectivity index (χ0n) is 13.4. The molecular formula is C17H16ClF3N4. The van der Waals surface area contributed by atoms with Crippen molar-refractivity contribution in [2.24, 2.45) is 0 Å². The van der Waals surface area contributed by atoms with E-state index in [1.54, 1.807) is 0 Å². The van der Waals surface area contributed by atoms with Crippen LogP contribution in [0.2, 0.25) is 5.28 Å². The van der Waals surface area contributed by atoms with E-state index in [1.165, 1.54) is 6.07 Å². The van der Waals surface area contributed by atoms with Crippen LogP contribution in [0.25, 0.3) is 0 Å². The predicted octanol–water partition coefficient (Wildman–Crippen LogP) is 3.99. The first-order valence-corrected chi connectivity index (χ1v) is 8.65. The molecule has 4 rings (SSSR count). The molecule has 0 spiro atoms. The fraction of sp³-hybridized carbons (Fsp3) is 0.471. The van der Waals surface area contributed by atoms with Crippen molar-refractivity contribution >= 4 is 17.4 Å². The van der Waals surface area contributed by atoms with Gasteiger partial charge in [-0.25, -0.2) is 9.97 Å². The first-order chi connectivity index (χ1) is 11.9. The van der Waals surface area contributed by atoms with Crippen LogP contribution in [0, 0.1) is 0 Å². The number of anilines is 1. The number of halogens is 4. The van der Waals surface area contributed by atoms with Gasteiger partial charge in [-0.05, 0) is 48.9 Å². The normalized spacial score (nSPS) is 17.2. The minimum atomic E-state index is -4.39. The first kappa shape index (κ1) is 16.6. The summed E-state index contributed by atoms with van der Waals surface area (Å²) in [5.74, 6) is 0.762. The monoisotopic (exact) mass is 368 g/mol. The van der Waals surface area contributed by atoms with Crippen LogP contribution < -0.4 is 4.90 Å². The zero-order chi connectivity index (χ0) is 17.6. The summed E-state index contributed by atoms with van der Waals surface area (Å²) in [6, 6.07) is 1.20. The standard InChI is InChI=1S/C17H16ClF3N4/c18-16-23-14-4-2-1-3-12(14)15(24-16)25-6-5-13-10(9-25)7-11(8-22-13)17(19,20)21/h7-8H,1-6,9H2. The number of fused-ring (bicyclic) bond motifs is 2. The molecule has 25 heavy (non-hydrogen) atoms. The van der Waals surface area contributed by atoms with Crippen LogP contribution in [-0.2, 0) is 32.0 Å². The first-order valence-electron chi connectivity index (χ1n) is 8.27. The van der Waals surface area contributed by atoms with E-state index in [1.807, 2.05) is 4.90 Å². The topological polar surface area (TPSA) is 41.9 Å². The van der Waals surface area contributed by atoms with Gasteiger partial charge in [-0.2, -0.15) is 13.2 Å². The Morgan fingerprint density at radius 2 is 1.84 bits per heavy atom. The van der Waals surface area contributed by atoms with Crippen molar-refractivity contribution in [1.29, 1.82) is 0 Å². The van der Waals surface area contributed by atoms with Gasteiger partial charge in [0, 0.05) is 37.0 Å². The molecule has 8 heteroatoms. The van der Waals surface area contributed by atoms with Crippen LogP contribution >= 0.6 is 11.6 Å². The van der Waals surface area contributed by atoms with Gasteiger partial charge in [-0.1, -0.05) is 0 Å². The summed E-state index contributed by atoms with van der Waals surface area (Å²) < 4.78 is 38.9. The van der Waals surface area contributed by atoms with Gasteiger partial charge in [0.05, 0.1) is 11.3 Å². The Bertz CT molecular complexity index is 822. The Morgan fingerprint density at radius 1 is 1.04 bits per heavy atom. The molecule has 0 N–H and O–H groups in total. The average molecular weight is 369 g/mol. The Hall–Kier alpha value is -1.89. The molecule has 0 saturated heterocycles. The van der Waals surface area contributed by atoms with E-state index < -0.39 is 11.7 Å². The molecule has 2 aromatic heterocycles. The number of alkyl halides is 3. The third kappa shape index (κ3) is 3.17. The van der Waals surface area contributed by atoms with Crippen molar-refractivity contribution in [3.8, 4) is 0 Å². The molecule has 132 valence electrons. The summed E-state index contributed by atoms with van der Waals surface area (Å²) >= 11 is 6.08. The predicted molar refractivity (Wildman–Crippen MR) is 87.7 cm³/mol. The van der Waals surface area contributed by atoms with Crippen molar-refractivity contribution in [2.75, 3.05) is 11.4 Å². The largest absolute Gasteiger partial charge is 0.417 e. The second kappa shape index (κ2) is 6.12. The third-order valence-electron chi connectivity index (χ3n) is 4.80. The van der Waals surface area contributed by atoms with Crippen LogP contribution in [0.5, 0.6) is 0 Å². The van der Waals surface area contributed by atoms with Gasteiger partial charge < -0.3 is 4.90 Å². The summed E-state index contributed by atoms with van der Waals surface area (Å²) in [6.07, 6.45) is 1.00. The molecule has 2 aromatic rings. The lowest BCUT2D eigenvalue weighted by molar-refractivity contribution is -0.137. The highest BCUT2D eigenvalue weighted by Gasteiger charge is 2.33. The van der Waals surface area contributed by atoms with Crippen LogP contribution in [0.15, 0.2) is 12.3 Å². The number of hydrogen-bond acceptors (Lipinski definition) is 4. The Kier molecular flexibility index (Phi) is 4.06. The number of hydrogen-bond donors (Lipinski definition) is 0. The van der Waals surface area contributed by atoms with E-state index in [0.29, 0.717) is 25.1 Å². The maximum absolute atomic E-state index is 13.0. The Morgan fingerprint density at radius 3 is 2.64 bits per heavy atom. The fourth-order valence-corrected chi connectivity index (χ4v) is 3.75. The van der Waals surface area contributed by atoms with Gasteiger partial charge in [0.1, 0.15) is 5.82 Å². The SMILES string of the molecule is FC(F)(F)c1cnc2c(c1)CN(c1nc(Cl)nc3c1CCCC3)CC2. The van der Waals surface area contributed by atoms with Gasteiger partial charge in [0.15, 0.2) is 0 Å². The maximum Gasteiger partial charge on any atom is 0.417 e. The Balaban J connectivity index is 1.70. The molecular weight excluding hydrogens is 353 g/mol. The fourth-order valence-electron chi connectivity index (χ4n) is 3.57. The lowest BCUT2D eigenvalue weighted by Gasteiger charge is -2.32. The van der Waals surface area contributed by atoms with Gasteiger partial charge in [0.2, 0.25) is 5.28 Å². The lowest BCUT2D eigenvalue weighted by Crippen LogP contribution is -2.33. The zero-order valence-corrected chi connectivity index (χ0v) is 14.2. The number of aryl methyl sites for hydroxylation is 1. The summed E-state index contributed by atoms with van der Waals surface area (Å²) in [6.45, 7) is 1.01. The summed E-state index contributed by atoms with van der Waals surface area (Å²) in [4.78, 5) is 14.7. The second-order valence-corrected chi connectivity index (χ2v) is 6.79. The van der Waals surface area contributed by atoms with Crippen molar-refractivity contribution in [3.05, 3.63) is 45.6 Å². The molecule has 0 fully saturated rings. The van der Waals surface area contributed by atoms with Crippen LogP contribution in [0.1, 0.15) is 40.9 Å². The summed E-state index contributed by atoms with van der Waals surface area (Å²) in [7, 11) is 0. The van der Waals surface area contributed by atoms with Crippen LogP contribution in [0.4, 0.5) is 19.0 Å². The van der Waals surface area contributed by atoms with E-state index >= 15 is 0 Å². The number of rotatable bonds is 1. The van der Waals surface area contributed by atoms with E-state index in [9.17, 15) is 13.2 Å². The molecule has 1 aliphatic carbocycles. The van der Waals surface area contributed by atoms with E-state index in [-0.39, 0.29) is 5.28 Å². The highest BCUT2D eigenvalue weighted by Crippen LogP contribution is 2.34. The van der Waals surface area contributed by atoms with E-state index in [4.69, 9.17) is 11.6 Å². The molecule has 0 bridgehead atoms. The molecule has 2 aliphatic rings. The van der Waals surface area contributed by atoms with E-state index in [0.717, 1.165) is 54.6 Å². The molecule has 0 radical (unpaired) electrons. The molecule has 0 amide bonds. The highest BCUT2D eigenvalue weighted by atomic mass is 35.5. The molecule has 0 aromatic carbocycles. The van der Waals surface area contributed by atoms with Gasteiger partial charge >= 0.3 is 6.18 Å². The molecule has 3 heterocycles. The van der Waals surface area contributed by atoms with Gasteiger partial charge in [-0.15, -0.1) is 0 Å². The summed E-state index contributed by atoms with van der Waals surface area (Å²) in [5, 5.41) is 0.198. The van der Waals surface area contributed by atoms with Crippen molar-refractivity contribution < 1.29 is 13.2 Å². The minimum absolute atomic E-state index is 0.198. The molecule has 1 aliphatic heterocycles. The van der Waals surface area contributed by atoms with Crippen molar-refractivity contribution in [3.63, 3.8) is 0 Å². The minimum Gasteiger partial charge on any atom is -0.351 e. The van der Waals surface area contributed by atoms with Crippen molar-refractivity contribution in [2.45, 2.75) is 44.8 Å². The summed E-state index contributed by atoms with van der Waals surface area (Å²) in [5.41, 5.74) is 2.66. The number of pyridine rings is 1. The number of aromatic nitrogens is 3. The highest BCUT2D eigenvalue weighted by molar-refractivity contribution is 6.28. The van der Waals surface area contributed by atoms with Crippen LogP contribution in [0.3, 0.4) is 0 Å². The Labute approximate surface area is 148 Å². The quantitative estimate of drug-likeness (QED) is 0.714. The molecule has 0 atom stereocenters.